The van der Waals surface area contributed by atoms with E-state index < -0.39 is 33.5 Å². The number of anilines is 2. The van der Waals surface area contributed by atoms with E-state index in [0.717, 1.165) is 5.01 Å². The average Bonchev–Trinajstić information content (AvgIpc) is 3.54. The molecule has 0 bridgehead atoms. The van der Waals surface area contributed by atoms with Crippen LogP contribution in [0.15, 0.2) is 58.8 Å². The summed E-state index contributed by atoms with van der Waals surface area (Å²) >= 11 is 17.8. The van der Waals surface area contributed by atoms with Crippen LogP contribution in [0.3, 0.4) is 0 Å². The number of hydrazone groups is 1. The van der Waals surface area contributed by atoms with E-state index in [-0.39, 0.29) is 50.7 Å². The zero-order valence-electron chi connectivity index (χ0n) is 24.3. The number of amides is 2. The first-order chi connectivity index (χ1) is 22.1. The molecule has 2 amide bonds. The molecule has 1 aromatic carbocycles. The molecule has 0 saturated heterocycles. The van der Waals surface area contributed by atoms with Crippen LogP contribution in [-0.4, -0.2) is 81.4 Å². The van der Waals surface area contributed by atoms with Crippen molar-refractivity contribution in [3.05, 3.63) is 63.9 Å². The van der Waals surface area contributed by atoms with Crippen molar-refractivity contribution in [2.45, 2.75) is 23.9 Å². The second-order valence-electron chi connectivity index (χ2n) is 9.49. The van der Waals surface area contributed by atoms with Gasteiger partial charge in [-0.15, -0.1) is 0 Å². The number of ether oxygens (including phenoxy) is 2. The number of imidazole rings is 1. The number of methoxy groups -OCH3 is 2. The standard InChI is InChI=1S/C14H13ClN6O5S.C12H10Cl2N2O4/c1-25-9-7-10(26-2)18-13(17-9)19-14(22)20-27(23,24)12-11(15)16-8-5-3-4-6-21(8)12;1-12(11(19)20)5-8(10(17)18)15-16(12)9-3-2-6(13)4-7(9)14/h3-7H,1-2H3,(H2,17,18,19,20,22);2-4H,5H2,1H3,(H,17,18)(H,19,20). The molecular formula is C26H23Cl3N8O9S. The van der Waals surface area contributed by atoms with Crippen LogP contribution in [-0.2, 0) is 19.6 Å². The van der Waals surface area contributed by atoms with Crippen LogP contribution in [0, 0.1) is 0 Å². The number of rotatable bonds is 8. The summed E-state index contributed by atoms with van der Waals surface area (Å²) < 4.78 is 38.1. The van der Waals surface area contributed by atoms with Crippen LogP contribution in [0.1, 0.15) is 13.3 Å². The largest absolute Gasteiger partial charge is 0.481 e. The van der Waals surface area contributed by atoms with Gasteiger partial charge in [0.15, 0.2) is 15.7 Å². The molecule has 47 heavy (non-hydrogen) atoms. The molecule has 0 saturated carbocycles. The Morgan fingerprint density at radius 3 is 2.21 bits per heavy atom. The fourth-order valence-electron chi connectivity index (χ4n) is 4.08. The molecule has 3 aromatic heterocycles. The number of carboxylic acid groups (broad SMARTS) is 2. The van der Waals surface area contributed by atoms with Gasteiger partial charge in [-0.1, -0.05) is 40.9 Å². The van der Waals surface area contributed by atoms with Gasteiger partial charge in [-0.25, -0.2) is 29.1 Å². The number of hydrogen-bond acceptors (Lipinski definition) is 12. The molecule has 1 atom stereocenters. The quantitative estimate of drug-likeness (QED) is 0.203. The van der Waals surface area contributed by atoms with Gasteiger partial charge in [0, 0.05) is 17.6 Å². The topological polar surface area (TPSA) is 227 Å². The molecule has 1 aliphatic rings. The van der Waals surface area contributed by atoms with E-state index in [4.69, 9.17) is 49.4 Å². The van der Waals surface area contributed by atoms with Crippen LogP contribution < -0.4 is 24.5 Å². The van der Waals surface area contributed by atoms with Crippen molar-refractivity contribution in [3.63, 3.8) is 0 Å². The highest BCUT2D eigenvalue weighted by molar-refractivity contribution is 7.90. The molecule has 4 N–H and O–H groups in total. The average molecular weight is 730 g/mol. The molecule has 0 aliphatic carbocycles. The molecule has 1 unspecified atom stereocenters. The number of hydrogen-bond donors (Lipinski definition) is 4. The second kappa shape index (κ2) is 13.8. The number of nitrogens with one attached hydrogen (secondary N) is 2. The van der Waals surface area contributed by atoms with Gasteiger partial charge in [0.2, 0.25) is 17.7 Å². The van der Waals surface area contributed by atoms with Crippen LogP contribution >= 0.6 is 34.8 Å². The number of halogens is 3. The van der Waals surface area contributed by atoms with Crippen LogP contribution in [0.4, 0.5) is 16.4 Å². The molecule has 248 valence electrons. The van der Waals surface area contributed by atoms with E-state index in [1.165, 1.54) is 56.0 Å². The number of carbonyl (C=O) groups excluding carboxylic acids is 1. The summed E-state index contributed by atoms with van der Waals surface area (Å²) in [5.74, 6) is -2.44. The van der Waals surface area contributed by atoms with Gasteiger partial charge in [0.25, 0.3) is 10.0 Å². The Labute approximate surface area is 280 Å². The molecule has 1 aliphatic heterocycles. The number of sulfonamides is 1. The first kappa shape index (κ1) is 35.0. The van der Waals surface area contributed by atoms with E-state index >= 15 is 0 Å². The summed E-state index contributed by atoms with van der Waals surface area (Å²) in [5.41, 5.74) is -1.15. The fourth-order valence-corrected chi connectivity index (χ4v) is 6.12. The zero-order chi connectivity index (χ0) is 34.7. The molecule has 5 rings (SSSR count). The Morgan fingerprint density at radius 1 is 0.979 bits per heavy atom. The number of carbonyl (C=O) groups is 3. The predicted molar refractivity (Wildman–Crippen MR) is 169 cm³/mol. The van der Waals surface area contributed by atoms with Gasteiger partial charge in [-0.3, -0.25) is 9.72 Å². The van der Waals surface area contributed by atoms with Crippen molar-refractivity contribution in [2.75, 3.05) is 24.5 Å². The summed E-state index contributed by atoms with van der Waals surface area (Å²) in [4.78, 5) is 46.3. The summed E-state index contributed by atoms with van der Waals surface area (Å²) in [7, 11) is -1.61. The highest BCUT2D eigenvalue weighted by atomic mass is 35.5. The molecule has 0 fully saturated rings. The van der Waals surface area contributed by atoms with Crippen molar-refractivity contribution in [1.29, 1.82) is 0 Å². The maximum absolute atomic E-state index is 12.6. The van der Waals surface area contributed by atoms with E-state index in [1.54, 1.807) is 18.2 Å². The van der Waals surface area contributed by atoms with Crippen LogP contribution in [0.25, 0.3) is 5.65 Å². The van der Waals surface area contributed by atoms with E-state index in [2.05, 4.69) is 25.4 Å². The molecule has 0 spiro atoms. The van der Waals surface area contributed by atoms with Gasteiger partial charge in [-0.2, -0.15) is 23.5 Å². The van der Waals surface area contributed by atoms with Gasteiger partial charge in [0.1, 0.15) is 11.4 Å². The number of aliphatic carboxylic acids is 2. The second-order valence-corrected chi connectivity index (χ2v) is 12.3. The summed E-state index contributed by atoms with van der Waals surface area (Å²) in [6, 6.07) is 9.59. The van der Waals surface area contributed by atoms with E-state index in [1.807, 2.05) is 4.72 Å². The lowest BCUT2D eigenvalue weighted by atomic mass is 9.95. The predicted octanol–water partition coefficient (Wildman–Crippen LogP) is 3.79. The number of pyridine rings is 1. The lowest BCUT2D eigenvalue weighted by Gasteiger charge is -2.30. The highest BCUT2D eigenvalue weighted by Gasteiger charge is 2.48. The van der Waals surface area contributed by atoms with Gasteiger partial charge < -0.3 is 19.7 Å². The van der Waals surface area contributed by atoms with Crippen molar-refractivity contribution in [2.24, 2.45) is 5.10 Å². The first-order valence-corrected chi connectivity index (χ1v) is 15.4. The molecule has 0 radical (unpaired) electrons. The Kier molecular flexibility index (Phi) is 10.3. The Morgan fingerprint density at radius 2 is 1.64 bits per heavy atom. The van der Waals surface area contributed by atoms with Crippen molar-refractivity contribution in [3.8, 4) is 11.8 Å². The summed E-state index contributed by atoms with van der Waals surface area (Å²) in [6.45, 7) is 1.39. The minimum atomic E-state index is -4.34. The lowest BCUT2D eigenvalue weighted by Crippen LogP contribution is -2.47. The molecule has 21 heteroatoms. The van der Waals surface area contributed by atoms with Gasteiger partial charge in [-0.05, 0) is 37.3 Å². The Hall–Kier alpha value is -4.91. The summed E-state index contributed by atoms with van der Waals surface area (Å²) in [5, 5.41) is 25.5. The first-order valence-electron chi connectivity index (χ1n) is 12.8. The van der Waals surface area contributed by atoms with E-state index in [0.29, 0.717) is 10.7 Å². The monoisotopic (exact) mass is 728 g/mol. The smallest absolute Gasteiger partial charge is 0.352 e. The third-order valence-corrected chi connectivity index (χ3v) is 8.56. The number of urea groups is 1. The number of carboxylic acids is 2. The normalized spacial score (nSPS) is 15.7. The van der Waals surface area contributed by atoms with Crippen molar-refractivity contribution < 1.29 is 42.5 Å². The fraction of sp³-hybridized carbons (Fsp3) is 0.192. The number of fused-ring (bicyclic) bond motifs is 1. The van der Waals surface area contributed by atoms with Crippen molar-refractivity contribution in [1.82, 2.24) is 24.1 Å². The molecule has 4 aromatic rings. The molecular weight excluding hydrogens is 707 g/mol. The molecule has 4 heterocycles. The van der Waals surface area contributed by atoms with Crippen LogP contribution in [0.2, 0.25) is 15.2 Å². The highest BCUT2D eigenvalue weighted by Crippen LogP contribution is 2.38. The Bertz CT molecular complexity index is 2000. The van der Waals surface area contributed by atoms with Gasteiger partial charge in [0.05, 0.1) is 31.0 Å². The Balaban J connectivity index is 0.000000223. The minimum Gasteiger partial charge on any atom is -0.481 e. The SMILES string of the molecule is CC1(C(=O)O)CC(C(=O)O)=NN1c1ccc(Cl)cc1Cl.COc1cc(OC)nc(NC(=O)NS(=O)(=O)c2c(Cl)nc3ccccn23)n1. The maximum atomic E-state index is 12.6. The molecule has 17 nitrogen and oxygen atoms in total. The lowest BCUT2D eigenvalue weighted by molar-refractivity contribution is -0.142. The number of aromatic nitrogens is 4. The third-order valence-electron chi connectivity index (χ3n) is 6.30. The van der Waals surface area contributed by atoms with Crippen LogP contribution in [0.5, 0.6) is 11.8 Å². The number of benzene rings is 1. The number of nitrogens with zero attached hydrogens (tertiary/aromatic N) is 6. The third kappa shape index (κ3) is 7.57. The summed E-state index contributed by atoms with van der Waals surface area (Å²) in [6.07, 6.45) is 1.23. The van der Waals surface area contributed by atoms with Crippen molar-refractivity contribution >= 4 is 85.8 Å². The minimum absolute atomic E-state index is 0.116. The zero-order valence-corrected chi connectivity index (χ0v) is 27.4. The van der Waals surface area contributed by atoms with E-state index in [9.17, 15) is 27.9 Å². The maximum Gasteiger partial charge on any atom is 0.352 e. The van der Waals surface area contributed by atoms with Gasteiger partial charge >= 0.3 is 18.0 Å².